The third-order valence-electron chi connectivity index (χ3n) is 8.51. The van der Waals surface area contributed by atoms with Crippen molar-refractivity contribution in [3.63, 3.8) is 0 Å². The zero-order valence-corrected chi connectivity index (χ0v) is 22.2. The molecule has 1 aliphatic carbocycles. The predicted molar refractivity (Wildman–Crippen MR) is 142 cm³/mol. The van der Waals surface area contributed by atoms with Gasteiger partial charge in [0.15, 0.2) is 11.4 Å². The fourth-order valence-corrected chi connectivity index (χ4v) is 6.25. The van der Waals surface area contributed by atoms with Crippen LogP contribution in [0, 0.1) is 17.2 Å². The van der Waals surface area contributed by atoms with Crippen molar-refractivity contribution < 1.29 is 13.9 Å². The maximum Gasteiger partial charge on any atom is 0.197 e. The number of aromatic nitrogens is 5. The van der Waals surface area contributed by atoms with Gasteiger partial charge in [-0.1, -0.05) is 20.8 Å². The van der Waals surface area contributed by atoms with E-state index < -0.39 is 0 Å². The highest BCUT2D eigenvalue weighted by Gasteiger charge is 2.34. The summed E-state index contributed by atoms with van der Waals surface area (Å²) >= 11 is 0. The largest absolute Gasteiger partial charge is 0.493 e. The zero-order valence-electron chi connectivity index (χ0n) is 22.2. The number of fused-ring (bicyclic) bond motifs is 2. The van der Waals surface area contributed by atoms with E-state index in [2.05, 4.69) is 35.8 Å². The maximum atomic E-state index is 15.5. The molecule has 2 aliphatic rings. The molecule has 196 valence electrons. The summed E-state index contributed by atoms with van der Waals surface area (Å²) in [7, 11) is 1.63. The molecule has 6 rings (SSSR count). The molecule has 1 N–H and O–H groups in total. The summed E-state index contributed by atoms with van der Waals surface area (Å²) in [5, 5.41) is 4.30. The van der Waals surface area contributed by atoms with Crippen LogP contribution in [0.3, 0.4) is 0 Å². The van der Waals surface area contributed by atoms with Crippen LogP contribution in [0.25, 0.3) is 27.9 Å². The SMILES string of the molecule is COc1cc(-c2[nH]c3cc(F)c(C4CCC(CCC5(C)COC5)CC4)nc3c2C(C)C)cn2ncnc12. The minimum atomic E-state index is -0.206. The number of methoxy groups -OCH3 is 1. The van der Waals surface area contributed by atoms with Gasteiger partial charge in [0.05, 0.1) is 42.7 Å². The molecule has 0 radical (unpaired) electrons. The Kier molecular flexibility index (Phi) is 6.18. The molecule has 8 heteroatoms. The average Bonchev–Trinajstić information content (AvgIpc) is 3.50. The number of rotatable bonds is 7. The van der Waals surface area contributed by atoms with E-state index in [-0.39, 0.29) is 17.7 Å². The van der Waals surface area contributed by atoms with Crippen LogP contribution in [-0.2, 0) is 4.74 Å². The van der Waals surface area contributed by atoms with Crippen molar-refractivity contribution in [3.05, 3.63) is 41.7 Å². The van der Waals surface area contributed by atoms with E-state index in [0.29, 0.717) is 22.5 Å². The van der Waals surface area contributed by atoms with Gasteiger partial charge in [0.2, 0.25) is 0 Å². The van der Waals surface area contributed by atoms with Crippen LogP contribution < -0.4 is 4.74 Å². The Labute approximate surface area is 216 Å². The Hall–Kier alpha value is -3.00. The summed E-state index contributed by atoms with van der Waals surface area (Å²) in [6.07, 6.45) is 10.2. The summed E-state index contributed by atoms with van der Waals surface area (Å²) < 4.78 is 28.2. The number of aromatic amines is 1. The first-order valence-corrected chi connectivity index (χ1v) is 13.5. The van der Waals surface area contributed by atoms with Gasteiger partial charge in [0.25, 0.3) is 0 Å². The molecule has 37 heavy (non-hydrogen) atoms. The Morgan fingerprint density at radius 1 is 1.22 bits per heavy atom. The van der Waals surface area contributed by atoms with E-state index in [1.54, 1.807) is 17.7 Å². The Morgan fingerprint density at radius 2 is 2.00 bits per heavy atom. The standard InChI is InChI=1S/C29H36FN5O2/c1-17(2)24-26(20-11-23(36-4)28-31-16-32-35(28)13-20)33-22-12-21(30)25(34-27(22)24)19-7-5-18(6-8-19)9-10-29(3)14-37-15-29/h11-13,16-19,33H,5-10,14-15H2,1-4H3. The van der Waals surface area contributed by atoms with Gasteiger partial charge in [-0.2, -0.15) is 5.10 Å². The van der Waals surface area contributed by atoms with Crippen LogP contribution in [0.4, 0.5) is 4.39 Å². The van der Waals surface area contributed by atoms with Crippen LogP contribution in [0.2, 0.25) is 0 Å². The van der Waals surface area contributed by atoms with Crippen molar-refractivity contribution in [1.29, 1.82) is 0 Å². The first kappa shape index (κ1) is 24.3. The molecule has 2 fully saturated rings. The number of hydrogen-bond acceptors (Lipinski definition) is 5. The Balaban J connectivity index is 1.30. The molecule has 1 saturated heterocycles. The lowest BCUT2D eigenvalue weighted by molar-refractivity contribution is -0.108. The molecule has 0 atom stereocenters. The number of hydrogen-bond donors (Lipinski definition) is 1. The topological polar surface area (TPSA) is 77.3 Å². The number of H-pyrrole nitrogens is 1. The van der Waals surface area contributed by atoms with E-state index in [1.807, 2.05) is 12.3 Å². The summed E-state index contributed by atoms with van der Waals surface area (Å²) in [5.74, 6) is 1.53. The minimum Gasteiger partial charge on any atom is -0.493 e. The lowest BCUT2D eigenvalue weighted by atomic mass is 9.74. The van der Waals surface area contributed by atoms with E-state index in [0.717, 1.165) is 72.7 Å². The van der Waals surface area contributed by atoms with Gasteiger partial charge >= 0.3 is 0 Å². The Morgan fingerprint density at radius 3 is 2.68 bits per heavy atom. The second-order valence-electron chi connectivity index (χ2n) is 11.7. The summed E-state index contributed by atoms with van der Waals surface area (Å²) in [6, 6.07) is 3.59. The second kappa shape index (κ2) is 9.39. The van der Waals surface area contributed by atoms with E-state index in [4.69, 9.17) is 14.5 Å². The fraction of sp³-hybridized carbons (Fsp3) is 0.552. The number of halogens is 1. The van der Waals surface area contributed by atoms with Crippen LogP contribution >= 0.6 is 0 Å². The monoisotopic (exact) mass is 505 g/mol. The van der Waals surface area contributed by atoms with Gasteiger partial charge in [-0.05, 0) is 56.4 Å². The van der Waals surface area contributed by atoms with Crippen molar-refractivity contribution in [2.45, 2.75) is 71.1 Å². The van der Waals surface area contributed by atoms with Gasteiger partial charge < -0.3 is 14.5 Å². The molecular formula is C29H36FN5O2. The average molecular weight is 506 g/mol. The van der Waals surface area contributed by atoms with Gasteiger partial charge in [-0.15, -0.1) is 0 Å². The summed E-state index contributed by atoms with van der Waals surface area (Å²) in [5.41, 5.74) is 6.15. The molecule has 1 aliphatic heterocycles. The molecule has 4 aromatic heterocycles. The molecule has 4 aromatic rings. The zero-order chi connectivity index (χ0) is 25.7. The third-order valence-corrected chi connectivity index (χ3v) is 8.51. The molecule has 0 amide bonds. The van der Waals surface area contributed by atoms with Gasteiger partial charge in [-0.25, -0.2) is 18.9 Å². The molecule has 5 heterocycles. The van der Waals surface area contributed by atoms with E-state index in [9.17, 15) is 0 Å². The third kappa shape index (κ3) is 4.39. The van der Waals surface area contributed by atoms with Gasteiger partial charge in [0, 0.05) is 34.7 Å². The second-order valence-corrected chi connectivity index (χ2v) is 11.7. The van der Waals surface area contributed by atoms with Crippen molar-refractivity contribution >= 4 is 16.7 Å². The molecule has 0 spiro atoms. The molecule has 1 saturated carbocycles. The summed E-state index contributed by atoms with van der Waals surface area (Å²) in [4.78, 5) is 12.7. The first-order valence-electron chi connectivity index (χ1n) is 13.5. The minimum absolute atomic E-state index is 0.174. The molecule has 7 nitrogen and oxygen atoms in total. The normalized spacial score (nSPS) is 21.6. The quantitative estimate of drug-likeness (QED) is 0.305. The van der Waals surface area contributed by atoms with Crippen molar-refractivity contribution in [3.8, 4) is 17.0 Å². The molecule has 0 aromatic carbocycles. The summed E-state index contributed by atoms with van der Waals surface area (Å²) in [6.45, 7) is 8.43. The maximum absolute atomic E-state index is 15.5. The first-order chi connectivity index (χ1) is 17.8. The van der Waals surface area contributed by atoms with Gasteiger partial charge in [0.1, 0.15) is 12.1 Å². The van der Waals surface area contributed by atoms with Crippen LogP contribution in [0.1, 0.15) is 82.4 Å². The lowest BCUT2D eigenvalue weighted by Gasteiger charge is -2.39. The van der Waals surface area contributed by atoms with E-state index in [1.165, 1.54) is 19.2 Å². The smallest absolute Gasteiger partial charge is 0.197 e. The number of nitrogens with zero attached hydrogens (tertiary/aromatic N) is 4. The lowest BCUT2D eigenvalue weighted by Crippen LogP contribution is -2.40. The molecular weight excluding hydrogens is 469 g/mol. The fourth-order valence-electron chi connectivity index (χ4n) is 6.25. The van der Waals surface area contributed by atoms with Crippen molar-refractivity contribution in [2.24, 2.45) is 11.3 Å². The van der Waals surface area contributed by atoms with Gasteiger partial charge in [-0.3, -0.25) is 0 Å². The van der Waals surface area contributed by atoms with Crippen molar-refractivity contribution in [2.75, 3.05) is 20.3 Å². The highest BCUT2D eigenvalue weighted by Crippen LogP contribution is 2.43. The van der Waals surface area contributed by atoms with Crippen LogP contribution in [-0.4, -0.2) is 44.9 Å². The van der Waals surface area contributed by atoms with Crippen LogP contribution in [0.15, 0.2) is 24.7 Å². The highest BCUT2D eigenvalue weighted by atomic mass is 19.1. The molecule has 0 bridgehead atoms. The van der Waals surface area contributed by atoms with Crippen LogP contribution in [0.5, 0.6) is 5.75 Å². The predicted octanol–water partition coefficient (Wildman–Crippen LogP) is 6.63. The van der Waals surface area contributed by atoms with Crippen molar-refractivity contribution in [1.82, 2.24) is 24.6 Å². The number of ether oxygens (including phenoxy) is 2. The van der Waals surface area contributed by atoms with E-state index >= 15 is 4.39 Å². The number of nitrogens with one attached hydrogen (secondary N) is 1. The number of pyridine rings is 2. The molecule has 0 unspecified atom stereocenters. The Bertz CT molecular complexity index is 1430. The highest BCUT2D eigenvalue weighted by molar-refractivity contribution is 5.89.